The summed E-state index contributed by atoms with van der Waals surface area (Å²) in [6.45, 7) is 2.26. The van der Waals surface area contributed by atoms with E-state index < -0.39 is 0 Å². The Labute approximate surface area is 127 Å². The summed E-state index contributed by atoms with van der Waals surface area (Å²) >= 11 is 0. The van der Waals surface area contributed by atoms with Crippen molar-refractivity contribution in [3.63, 3.8) is 0 Å². The van der Waals surface area contributed by atoms with Gasteiger partial charge in [0.2, 0.25) is 0 Å². The van der Waals surface area contributed by atoms with Crippen LogP contribution in [0.25, 0.3) is 11.6 Å². The third-order valence-electron chi connectivity index (χ3n) is 5.07. The normalized spacial score (nSPS) is 25.0. The van der Waals surface area contributed by atoms with Gasteiger partial charge in [-0.3, -0.25) is 0 Å². The summed E-state index contributed by atoms with van der Waals surface area (Å²) in [6.07, 6.45) is 13.6. The lowest BCUT2D eigenvalue weighted by atomic mass is 9.79. The second-order valence-corrected chi connectivity index (χ2v) is 6.37. The highest BCUT2D eigenvalue weighted by Gasteiger charge is 2.26. The van der Waals surface area contributed by atoms with Crippen molar-refractivity contribution >= 4 is 11.6 Å². The molecule has 1 nitrogen and oxygen atoms in total. The number of fused-ring (bicyclic) bond motifs is 2. The van der Waals surface area contributed by atoms with E-state index in [0.717, 1.165) is 13.1 Å². The summed E-state index contributed by atoms with van der Waals surface area (Å²) in [7, 11) is 0. The molecule has 4 rings (SSSR count). The van der Waals surface area contributed by atoms with Gasteiger partial charge in [-0.25, -0.2) is 0 Å². The molecule has 3 aliphatic rings. The summed E-state index contributed by atoms with van der Waals surface area (Å²) in [5.41, 5.74) is 7.72. The smallest absolute Gasteiger partial charge is 0.00243 e. The van der Waals surface area contributed by atoms with E-state index in [0.29, 0.717) is 5.92 Å². The van der Waals surface area contributed by atoms with Crippen LogP contribution in [-0.4, -0.2) is 13.1 Å². The minimum atomic E-state index is 0.628. The molecule has 1 fully saturated rings. The van der Waals surface area contributed by atoms with Crippen molar-refractivity contribution in [3.8, 4) is 0 Å². The number of rotatable bonds is 0. The first-order chi connectivity index (χ1) is 10.4. The zero-order valence-corrected chi connectivity index (χ0v) is 12.6. The highest BCUT2D eigenvalue weighted by atomic mass is 14.9. The minimum Gasteiger partial charge on any atom is -0.316 e. The van der Waals surface area contributed by atoms with Crippen molar-refractivity contribution in [1.29, 1.82) is 0 Å². The Bertz CT molecular complexity index is 625. The van der Waals surface area contributed by atoms with Gasteiger partial charge in [0.1, 0.15) is 0 Å². The average Bonchev–Trinajstić information content (AvgIpc) is 2.72. The highest BCUT2D eigenvalue weighted by Crippen LogP contribution is 2.43. The van der Waals surface area contributed by atoms with Crippen LogP contribution in [0.15, 0.2) is 47.6 Å². The summed E-state index contributed by atoms with van der Waals surface area (Å²) in [4.78, 5) is 0. The Morgan fingerprint density at radius 2 is 1.90 bits per heavy atom. The fourth-order valence-electron chi connectivity index (χ4n) is 4.01. The Balaban J connectivity index is 1.93. The van der Waals surface area contributed by atoms with Crippen LogP contribution < -0.4 is 5.32 Å². The van der Waals surface area contributed by atoms with Crippen LogP contribution in [0, 0.1) is 5.92 Å². The van der Waals surface area contributed by atoms with Crippen LogP contribution in [0.4, 0.5) is 0 Å². The molecule has 0 spiro atoms. The maximum atomic E-state index is 3.50. The number of piperidine rings is 1. The molecule has 108 valence electrons. The molecule has 1 heteroatoms. The summed E-state index contributed by atoms with van der Waals surface area (Å²) < 4.78 is 0. The average molecular weight is 277 g/mol. The topological polar surface area (TPSA) is 12.0 Å². The molecule has 1 unspecified atom stereocenters. The number of nitrogens with one attached hydrogen (secondary N) is 1. The van der Waals surface area contributed by atoms with Crippen LogP contribution in [0.5, 0.6) is 0 Å². The molecular formula is C20H23N. The van der Waals surface area contributed by atoms with Crippen molar-refractivity contribution < 1.29 is 0 Å². The zero-order valence-electron chi connectivity index (χ0n) is 12.6. The lowest BCUT2D eigenvalue weighted by Gasteiger charge is -2.27. The van der Waals surface area contributed by atoms with Gasteiger partial charge in [0, 0.05) is 5.92 Å². The van der Waals surface area contributed by atoms with Gasteiger partial charge in [0.05, 0.1) is 0 Å². The fourth-order valence-corrected chi connectivity index (χ4v) is 4.01. The Hall–Kier alpha value is -1.60. The largest absolute Gasteiger partial charge is 0.316 e. The van der Waals surface area contributed by atoms with E-state index in [1.807, 2.05) is 0 Å². The predicted molar refractivity (Wildman–Crippen MR) is 89.9 cm³/mol. The maximum Gasteiger partial charge on any atom is 0.00243 e. The van der Waals surface area contributed by atoms with Crippen molar-refractivity contribution in [2.24, 2.45) is 5.92 Å². The van der Waals surface area contributed by atoms with Gasteiger partial charge in [0.25, 0.3) is 0 Å². The van der Waals surface area contributed by atoms with Gasteiger partial charge in [-0.15, -0.1) is 0 Å². The molecule has 0 aromatic heterocycles. The molecule has 1 saturated heterocycles. The van der Waals surface area contributed by atoms with Crippen molar-refractivity contribution in [3.05, 3.63) is 58.7 Å². The molecule has 1 N–H and O–H groups in total. The van der Waals surface area contributed by atoms with E-state index in [-0.39, 0.29) is 0 Å². The SMILES string of the molecule is C1=CC2CCCC=C2C(=C2CCNCC2)c2ccccc21. The second-order valence-electron chi connectivity index (χ2n) is 6.37. The number of benzene rings is 1. The van der Waals surface area contributed by atoms with E-state index in [9.17, 15) is 0 Å². The van der Waals surface area contributed by atoms with Crippen LogP contribution in [-0.2, 0) is 0 Å². The van der Waals surface area contributed by atoms with Gasteiger partial charge in [-0.2, -0.15) is 0 Å². The van der Waals surface area contributed by atoms with Gasteiger partial charge in [0.15, 0.2) is 0 Å². The van der Waals surface area contributed by atoms with Gasteiger partial charge < -0.3 is 5.32 Å². The van der Waals surface area contributed by atoms with Crippen molar-refractivity contribution in [2.75, 3.05) is 13.1 Å². The van der Waals surface area contributed by atoms with Gasteiger partial charge in [-0.05, 0) is 67.5 Å². The zero-order chi connectivity index (χ0) is 14.1. The molecule has 0 saturated carbocycles. The predicted octanol–water partition coefficient (Wildman–Crippen LogP) is 4.58. The van der Waals surface area contributed by atoms with E-state index in [1.54, 1.807) is 16.7 Å². The molecule has 2 aliphatic carbocycles. The van der Waals surface area contributed by atoms with Crippen molar-refractivity contribution in [2.45, 2.75) is 32.1 Å². The summed E-state index contributed by atoms with van der Waals surface area (Å²) in [5.74, 6) is 0.628. The van der Waals surface area contributed by atoms with E-state index in [1.165, 1.54) is 43.2 Å². The molecular weight excluding hydrogens is 254 g/mol. The third-order valence-corrected chi connectivity index (χ3v) is 5.07. The Morgan fingerprint density at radius 1 is 1.05 bits per heavy atom. The second kappa shape index (κ2) is 5.65. The van der Waals surface area contributed by atoms with E-state index >= 15 is 0 Å². The summed E-state index contributed by atoms with van der Waals surface area (Å²) in [5, 5.41) is 3.50. The molecule has 0 radical (unpaired) electrons. The molecule has 1 aromatic rings. The van der Waals surface area contributed by atoms with Gasteiger partial charge in [-0.1, -0.05) is 48.1 Å². The standard InChI is InChI=1S/C20H23N/c1-3-7-18-15(5-1)9-10-16-6-2-4-8-19(16)20(18)17-11-13-21-14-12-17/h1,3,5,7-10,16,21H,2,4,6,11-14H2. The van der Waals surface area contributed by atoms with E-state index in [4.69, 9.17) is 0 Å². The molecule has 21 heavy (non-hydrogen) atoms. The van der Waals surface area contributed by atoms with Crippen LogP contribution in [0.2, 0.25) is 0 Å². The molecule has 1 aliphatic heterocycles. The number of hydrogen-bond acceptors (Lipinski definition) is 1. The molecule has 0 amide bonds. The first-order valence-electron chi connectivity index (χ1n) is 8.34. The lowest BCUT2D eigenvalue weighted by Crippen LogP contribution is -2.24. The quantitative estimate of drug-likeness (QED) is 0.732. The third kappa shape index (κ3) is 2.40. The summed E-state index contributed by atoms with van der Waals surface area (Å²) in [6, 6.07) is 8.95. The molecule has 1 aromatic carbocycles. The molecule has 0 bridgehead atoms. The maximum absolute atomic E-state index is 3.50. The first kappa shape index (κ1) is 13.1. The first-order valence-corrected chi connectivity index (χ1v) is 8.34. The number of hydrogen-bond donors (Lipinski definition) is 1. The van der Waals surface area contributed by atoms with Gasteiger partial charge >= 0.3 is 0 Å². The van der Waals surface area contributed by atoms with Crippen LogP contribution in [0.3, 0.4) is 0 Å². The number of allylic oxidation sites excluding steroid dienone is 4. The van der Waals surface area contributed by atoms with Crippen LogP contribution >= 0.6 is 0 Å². The Morgan fingerprint density at radius 3 is 2.81 bits per heavy atom. The lowest BCUT2D eigenvalue weighted by molar-refractivity contribution is 0.599. The van der Waals surface area contributed by atoms with E-state index in [2.05, 4.69) is 47.8 Å². The highest BCUT2D eigenvalue weighted by molar-refractivity contribution is 5.88. The van der Waals surface area contributed by atoms with Crippen LogP contribution in [0.1, 0.15) is 43.2 Å². The molecule has 1 heterocycles. The molecule has 1 atom stereocenters. The minimum absolute atomic E-state index is 0.628. The van der Waals surface area contributed by atoms with Crippen molar-refractivity contribution in [1.82, 2.24) is 5.32 Å². The monoisotopic (exact) mass is 277 g/mol. The Kier molecular flexibility index (Phi) is 3.52. The fraction of sp³-hybridized carbons (Fsp3) is 0.400.